The van der Waals surface area contributed by atoms with E-state index in [1.807, 2.05) is 6.07 Å². The average Bonchev–Trinajstić information content (AvgIpc) is 2.87. The maximum absolute atomic E-state index is 12.1. The molecular weight excluding hydrogens is 340 g/mol. The minimum absolute atomic E-state index is 0.117. The second-order valence-corrected chi connectivity index (χ2v) is 8.09. The maximum Gasteiger partial charge on any atom is 0.232 e. The lowest BCUT2D eigenvalue weighted by Crippen LogP contribution is -2.27. The lowest BCUT2D eigenvalue weighted by Gasteiger charge is -2.14. The van der Waals surface area contributed by atoms with Gasteiger partial charge in [0, 0.05) is 53.7 Å². The van der Waals surface area contributed by atoms with Crippen LogP contribution in [0.15, 0.2) is 36.8 Å². The molecule has 0 spiro atoms. The zero-order chi connectivity index (χ0) is 16.4. The topological polar surface area (TPSA) is 93.1 Å². The first kappa shape index (κ1) is 15.8. The largest absolute Gasteiger partial charge is 0.280 e. The molecule has 0 radical (unpaired) electrons. The van der Waals surface area contributed by atoms with Gasteiger partial charge in [-0.2, -0.15) is 0 Å². The van der Waals surface area contributed by atoms with Crippen LogP contribution >= 0.6 is 10.7 Å². The van der Waals surface area contributed by atoms with Crippen LogP contribution in [-0.4, -0.2) is 41.6 Å². The molecule has 0 saturated carbocycles. The van der Waals surface area contributed by atoms with E-state index in [9.17, 15) is 13.2 Å². The normalized spacial score (nSPS) is 18.4. The fraction of sp³-hybridized carbons (Fsp3) is 0.286. The van der Waals surface area contributed by atoms with E-state index in [-0.39, 0.29) is 36.5 Å². The summed E-state index contributed by atoms with van der Waals surface area (Å²) in [5, 5.41) is 0. The minimum atomic E-state index is -3.64. The first-order valence-electron chi connectivity index (χ1n) is 6.88. The van der Waals surface area contributed by atoms with Crippen LogP contribution < -0.4 is 4.90 Å². The Kier molecular flexibility index (Phi) is 4.27. The van der Waals surface area contributed by atoms with E-state index in [4.69, 9.17) is 10.7 Å². The smallest absolute Gasteiger partial charge is 0.232 e. The summed E-state index contributed by atoms with van der Waals surface area (Å²) in [4.78, 5) is 26.0. The summed E-state index contributed by atoms with van der Waals surface area (Å²) in [6.07, 6.45) is 5.00. The Morgan fingerprint density at radius 1 is 1.30 bits per heavy atom. The molecule has 9 heteroatoms. The van der Waals surface area contributed by atoms with Crippen molar-refractivity contribution in [2.24, 2.45) is 5.92 Å². The number of amides is 1. The predicted octanol–water partition coefficient (Wildman–Crippen LogP) is 1.46. The molecule has 0 aliphatic carbocycles. The Labute approximate surface area is 137 Å². The zero-order valence-corrected chi connectivity index (χ0v) is 13.5. The third kappa shape index (κ3) is 3.83. The zero-order valence-electron chi connectivity index (χ0n) is 12.0. The van der Waals surface area contributed by atoms with Gasteiger partial charge in [0.15, 0.2) is 0 Å². The van der Waals surface area contributed by atoms with Crippen LogP contribution in [0.25, 0.3) is 11.3 Å². The molecule has 1 fully saturated rings. The molecule has 0 N–H and O–H groups in total. The Morgan fingerprint density at radius 3 is 2.83 bits per heavy atom. The molecule has 2 aromatic heterocycles. The number of carbonyl (C=O) groups is 1. The van der Waals surface area contributed by atoms with Gasteiger partial charge in [0.2, 0.25) is 20.9 Å². The highest BCUT2D eigenvalue weighted by molar-refractivity contribution is 8.13. The van der Waals surface area contributed by atoms with Crippen molar-refractivity contribution in [2.45, 2.75) is 6.42 Å². The van der Waals surface area contributed by atoms with Crippen LogP contribution in [0.4, 0.5) is 5.95 Å². The van der Waals surface area contributed by atoms with Gasteiger partial charge < -0.3 is 0 Å². The fourth-order valence-electron chi connectivity index (χ4n) is 2.52. The minimum Gasteiger partial charge on any atom is -0.280 e. The van der Waals surface area contributed by atoms with Crippen LogP contribution in [0.5, 0.6) is 0 Å². The van der Waals surface area contributed by atoms with E-state index in [1.54, 1.807) is 30.7 Å². The van der Waals surface area contributed by atoms with E-state index in [1.165, 1.54) is 4.90 Å². The molecule has 1 atom stereocenters. The third-order valence-electron chi connectivity index (χ3n) is 3.48. The second kappa shape index (κ2) is 6.21. The second-order valence-electron chi connectivity index (χ2n) is 5.26. The fourth-order valence-corrected chi connectivity index (χ4v) is 3.84. The highest BCUT2D eigenvalue weighted by atomic mass is 35.7. The number of nitrogens with zero attached hydrogens (tertiary/aromatic N) is 4. The highest BCUT2D eigenvalue weighted by Crippen LogP contribution is 2.25. The summed E-state index contributed by atoms with van der Waals surface area (Å²) in [6, 6.07) is 5.37. The molecule has 3 rings (SSSR count). The summed E-state index contributed by atoms with van der Waals surface area (Å²) in [5.74, 6) is -0.542. The Balaban J connectivity index is 1.84. The summed E-state index contributed by atoms with van der Waals surface area (Å²) in [7, 11) is 1.62. The molecule has 2 aromatic rings. The molecule has 120 valence electrons. The molecule has 7 nitrogen and oxygen atoms in total. The highest BCUT2D eigenvalue weighted by Gasteiger charge is 2.34. The molecule has 0 bridgehead atoms. The van der Waals surface area contributed by atoms with Crippen LogP contribution in [-0.2, 0) is 13.8 Å². The molecular formula is C14H13ClN4O3S. The number of pyridine rings is 1. The standard InChI is InChI=1S/C14H13ClN4O3S/c15-23(21,22)9-10-6-13(20)19(8-10)14-17-5-3-12(18-14)11-2-1-4-16-7-11/h1-5,7,10H,6,8-9H2. The van der Waals surface area contributed by atoms with Crippen LogP contribution in [0.2, 0.25) is 0 Å². The van der Waals surface area contributed by atoms with Gasteiger partial charge in [-0.25, -0.2) is 18.4 Å². The van der Waals surface area contributed by atoms with E-state index >= 15 is 0 Å². The molecule has 1 aliphatic heterocycles. The van der Waals surface area contributed by atoms with Crippen molar-refractivity contribution in [3.05, 3.63) is 36.8 Å². The van der Waals surface area contributed by atoms with Gasteiger partial charge in [0.1, 0.15) is 0 Å². The predicted molar refractivity (Wildman–Crippen MR) is 85.4 cm³/mol. The third-order valence-corrected chi connectivity index (χ3v) is 4.73. The Hall–Kier alpha value is -2.06. The van der Waals surface area contributed by atoms with E-state index in [0.29, 0.717) is 5.69 Å². The van der Waals surface area contributed by atoms with Gasteiger partial charge in [-0.15, -0.1) is 0 Å². The van der Waals surface area contributed by atoms with Gasteiger partial charge in [0.25, 0.3) is 0 Å². The number of aromatic nitrogens is 3. The summed E-state index contributed by atoms with van der Waals surface area (Å²) < 4.78 is 22.3. The number of halogens is 1. The van der Waals surface area contributed by atoms with Crippen molar-refractivity contribution in [3.63, 3.8) is 0 Å². The summed E-state index contributed by atoms with van der Waals surface area (Å²) >= 11 is 0. The molecule has 1 amide bonds. The molecule has 23 heavy (non-hydrogen) atoms. The molecule has 1 aliphatic rings. The molecule has 1 unspecified atom stereocenters. The van der Waals surface area contributed by atoms with Crippen molar-refractivity contribution in [1.82, 2.24) is 15.0 Å². The monoisotopic (exact) mass is 352 g/mol. The van der Waals surface area contributed by atoms with Gasteiger partial charge in [-0.1, -0.05) is 0 Å². The number of hydrogen-bond acceptors (Lipinski definition) is 6. The SMILES string of the molecule is O=C1CC(CS(=O)(=O)Cl)CN1c1nccc(-c2cccnc2)n1. The summed E-state index contributed by atoms with van der Waals surface area (Å²) in [5.41, 5.74) is 1.45. The number of hydrogen-bond donors (Lipinski definition) is 0. The molecule has 1 saturated heterocycles. The number of rotatable bonds is 4. The number of carbonyl (C=O) groups excluding carboxylic acids is 1. The van der Waals surface area contributed by atoms with Crippen molar-refractivity contribution in [3.8, 4) is 11.3 Å². The van der Waals surface area contributed by atoms with Crippen molar-refractivity contribution >= 4 is 31.6 Å². The first-order valence-corrected chi connectivity index (χ1v) is 9.36. The molecule has 0 aromatic carbocycles. The van der Waals surface area contributed by atoms with Gasteiger partial charge in [-0.05, 0) is 18.2 Å². The average molecular weight is 353 g/mol. The Bertz CT molecular complexity index is 829. The van der Waals surface area contributed by atoms with Gasteiger partial charge >= 0.3 is 0 Å². The van der Waals surface area contributed by atoms with Crippen LogP contribution in [0.3, 0.4) is 0 Å². The quantitative estimate of drug-likeness (QED) is 0.773. The van der Waals surface area contributed by atoms with E-state index < -0.39 is 9.05 Å². The van der Waals surface area contributed by atoms with Crippen LogP contribution in [0.1, 0.15) is 6.42 Å². The van der Waals surface area contributed by atoms with E-state index in [0.717, 1.165) is 5.56 Å². The van der Waals surface area contributed by atoms with Crippen molar-refractivity contribution < 1.29 is 13.2 Å². The Morgan fingerprint density at radius 2 is 2.13 bits per heavy atom. The first-order chi connectivity index (χ1) is 10.9. The van der Waals surface area contributed by atoms with Crippen molar-refractivity contribution in [1.29, 1.82) is 0 Å². The lowest BCUT2D eigenvalue weighted by atomic mass is 10.1. The maximum atomic E-state index is 12.1. The number of anilines is 1. The van der Waals surface area contributed by atoms with Crippen molar-refractivity contribution in [2.75, 3.05) is 17.2 Å². The van der Waals surface area contributed by atoms with Gasteiger partial charge in [0.05, 0.1) is 11.4 Å². The van der Waals surface area contributed by atoms with Crippen LogP contribution in [0, 0.1) is 5.92 Å². The van der Waals surface area contributed by atoms with Gasteiger partial charge in [-0.3, -0.25) is 14.7 Å². The summed E-state index contributed by atoms with van der Waals surface area (Å²) in [6.45, 7) is 0.237. The van der Waals surface area contributed by atoms with E-state index in [2.05, 4.69) is 15.0 Å². The molecule has 3 heterocycles. The lowest BCUT2D eigenvalue weighted by molar-refractivity contribution is -0.117.